The van der Waals surface area contributed by atoms with E-state index < -0.39 is 5.72 Å². The first-order chi connectivity index (χ1) is 12.3. The van der Waals surface area contributed by atoms with E-state index in [9.17, 15) is 4.79 Å². The zero-order valence-electron chi connectivity index (χ0n) is 13.5. The van der Waals surface area contributed by atoms with E-state index in [1.54, 1.807) is 12.3 Å². The zero-order valence-corrected chi connectivity index (χ0v) is 13.5. The first kappa shape index (κ1) is 14.4. The van der Waals surface area contributed by atoms with Crippen LogP contribution in [0.2, 0.25) is 0 Å². The summed E-state index contributed by atoms with van der Waals surface area (Å²) in [6, 6.07) is 23.4. The van der Waals surface area contributed by atoms with Crippen molar-refractivity contribution in [3.8, 4) is 0 Å². The second-order valence-corrected chi connectivity index (χ2v) is 6.32. The van der Waals surface area contributed by atoms with Crippen LogP contribution >= 0.6 is 0 Å². The molecule has 2 atom stereocenters. The zero-order chi connectivity index (χ0) is 16.9. The number of aromatic nitrogens is 1. The van der Waals surface area contributed by atoms with Crippen molar-refractivity contribution in [2.24, 2.45) is 0 Å². The fourth-order valence-electron chi connectivity index (χ4n) is 3.95. The van der Waals surface area contributed by atoms with Gasteiger partial charge in [0.1, 0.15) is 5.69 Å². The Morgan fingerprint density at radius 2 is 1.68 bits per heavy atom. The van der Waals surface area contributed by atoms with E-state index in [1.165, 1.54) is 0 Å². The summed E-state index contributed by atoms with van der Waals surface area (Å²) in [5.41, 5.74) is 2.35. The van der Waals surface area contributed by atoms with Crippen LogP contribution in [0.1, 0.15) is 33.2 Å². The highest BCUT2D eigenvalue weighted by Crippen LogP contribution is 2.52. The van der Waals surface area contributed by atoms with Gasteiger partial charge in [-0.25, -0.2) is 0 Å². The number of ether oxygens (including phenoxy) is 1. The Kier molecular flexibility index (Phi) is 3.02. The molecule has 0 bridgehead atoms. The first-order valence-corrected chi connectivity index (χ1v) is 8.36. The minimum Gasteiger partial charge on any atom is -0.343 e. The highest BCUT2D eigenvalue weighted by atomic mass is 16.5. The molecule has 1 saturated heterocycles. The van der Waals surface area contributed by atoms with Crippen molar-refractivity contribution in [3.05, 3.63) is 101 Å². The SMILES string of the molecule is O=C1c2cccnc2[C@]2(c3ccccc3)OC[C@@H](c3ccccc3)N12. The van der Waals surface area contributed by atoms with Crippen LogP contribution in [0.5, 0.6) is 0 Å². The maximum atomic E-state index is 13.2. The summed E-state index contributed by atoms with van der Waals surface area (Å²) in [6.45, 7) is 0.445. The molecule has 0 unspecified atom stereocenters. The Morgan fingerprint density at radius 1 is 0.960 bits per heavy atom. The topological polar surface area (TPSA) is 42.4 Å². The Balaban J connectivity index is 1.75. The second-order valence-electron chi connectivity index (χ2n) is 6.32. The number of amides is 1. The van der Waals surface area contributed by atoms with Crippen LogP contribution in [0.25, 0.3) is 0 Å². The third kappa shape index (κ3) is 1.86. The Hall–Kier alpha value is -2.98. The van der Waals surface area contributed by atoms with Crippen molar-refractivity contribution < 1.29 is 9.53 Å². The van der Waals surface area contributed by atoms with Crippen molar-refractivity contribution in [1.29, 1.82) is 0 Å². The van der Waals surface area contributed by atoms with Gasteiger partial charge in [0.25, 0.3) is 5.91 Å². The smallest absolute Gasteiger partial charge is 0.259 e. The van der Waals surface area contributed by atoms with Crippen molar-refractivity contribution in [2.45, 2.75) is 11.8 Å². The molecule has 2 aliphatic heterocycles. The van der Waals surface area contributed by atoms with Gasteiger partial charge in [-0.05, 0) is 17.7 Å². The molecule has 1 amide bonds. The average Bonchev–Trinajstić information content (AvgIpc) is 3.20. The van der Waals surface area contributed by atoms with Gasteiger partial charge in [-0.2, -0.15) is 0 Å². The van der Waals surface area contributed by atoms with Gasteiger partial charge in [0.2, 0.25) is 5.72 Å². The molecule has 25 heavy (non-hydrogen) atoms. The maximum Gasteiger partial charge on any atom is 0.259 e. The molecule has 0 aliphatic carbocycles. The number of hydrogen-bond donors (Lipinski definition) is 0. The van der Waals surface area contributed by atoms with Crippen molar-refractivity contribution in [3.63, 3.8) is 0 Å². The molecule has 1 fully saturated rings. The lowest BCUT2D eigenvalue weighted by atomic mass is 9.97. The third-order valence-corrected chi connectivity index (χ3v) is 5.03. The van der Waals surface area contributed by atoms with Gasteiger partial charge in [-0.15, -0.1) is 0 Å². The molecule has 0 saturated carbocycles. The Morgan fingerprint density at radius 3 is 2.44 bits per heavy atom. The first-order valence-electron chi connectivity index (χ1n) is 8.36. The number of hydrogen-bond acceptors (Lipinski definition) is 3. The van der Waals surface area contributed by atoms with E-state index in [-0.39, 0.29) is 11.9 Å². The van der Waals surface area contributed by atoms with E-state index in [0.29, 0.717) is 17.9 Å². The normalized spacial score (nSPS) is 24.2. The summed E-state index contributed by atoms with van der Waals surface area (Å²) in [4.78, 5) is 19.6. The molecular formula is C21H16N2O2. The van der Waals surface area contributed by atoms with Crippen LogP contribution in [0.3, 0.4) is 0 Å². The summed E-state index contributed by atoms with van der Waals surface area (Å²) in [6.07, 6.45) is 1.72. The van der Waals surface area contributed by atoms with Crippen LogP contribution in [-0.4, -0.2) is 22.4 Å². The van der Waals surface area contributed by atoms with Crippen LogP contribution in [0, 0.1) is 0 Å². The molecule has 0 radical (unpaired) electrons. The number of nitrogens with zero attached hydrogens (tertiary/aromatic N) is 2. The lowest BCUT2D eigenvalue weighted by Gasteiger charge is -2.33. The predicted octanol–water partition coefficient (Wildman–Crippen LogP) is 3.51. The molecule has 4 nitrogen and oxygen atoms in total. The van der Waals surface area contributed by atoms with E-state index in [2.05, 4.69) is 4.98 Å². The van der Waals surface area contributed by atoms with Crippen LogP contribution < -0.4 is 0 Å². The molecule has 1 aromatic heterocycles. The number of fused-ring (bicyclic) bond motifs is 3. The van der Waals surface area contributed by atoms with E-state index >= 15 is 0 Å². The molecule has 2 aliphatic rings. The molecule has 0 spiro atoms. The molecule has 0 N–H and O–H groups in total. The average molecular weight is 328 g/mol. The van der Waals surface area contributed by atoms with Gasteiger partial charge >= 0.3 is 0 Å². The van der Waals surface area contributed by atoms with Gasteiger partial charge in [0, 0.05) is 11.8 Å². The number of pyridine rings is 1. The minimum atomic E-state index is -0.949. The molecular weight excluding hydrogens is 312 g/mol. The fourth-order valence-corrected chi connectivity index (χ4v) is 3.95. The van der Waals surface area contributed by atoms with E-state index in [0.717, 1.165) is 11.1 Å². The Bertz CT molecular complexity index is 942. The highest BCUT2D eigenvalue weighted by Gasteiger charge is 2.60. The standard InChI is InChI=1S/C21H16N2O2/c24-20-17-12-7-13-22-19(17)21(16-10-5-2-6-11-16)23(20)18(14-25-21)15-8-3-1-4-9-15/h1-13,18H,14H2/t18-,21-/m0/s1. The monoisotopic (exact) mass is 328 g/mol. The van der Waals surface area contributed by atoms with Gasteiger partial charge in [0.15, 0.2) is 0 Å². The summed E-state index contributed by atoms with van der Waals surface area (Å²) in [5, 5.41) is 0. The molecule has 4 heteroatoms. The molecule has 3 heterocycles. The van der Waals surface area contributed by atoms with Crippen LogP contribution in [0.4, 0.5) is 0 Å². The van der Waals surface area contributed by atoms with Crippen molar-refractivity contribution in [1.82, 2.24) is 9.88 Å². The molecule has 5 rings (SSSR count). The number of benzene rings is 2. The van der Waals surface area contributed by atoms with E-state index in [1.807, 2.05) is 71.6 Å². The van der Waals surface area contributed by atoms with Gasteiger partial charge in [0.05, 0.1) is 18.2 Å². The second kappa shape index (κ2) is 5.26. The lowest BCUT2D eigenvalue weighted by Crippen LogP contribution is -2.42. The largest absolute Gasteiger partial charge is 0.343 e. The minimum absolute atomic E-state index is 0.0293. The summed E-state index contributed by atoms with van der Waals surface area (Å²) < 4.78 is 6.36. The molecule has 2 aromatic carbocycles. The van der Waals surface area contributed by atoms with Gasteiger partial charge < -0.3 is 4.74 Å². The quantitative estimate of drug-likeness (QED) is 0.723. The van der Waals surface area contributed by atoms with Crippen molar-refractivity contribution >= 4 is 5.91 Å². The van der Waals surface area contributed by atoms with Gasteiger partial charge in [-0.3, -0.25) is 14.7 Å². The lowest BCUT2D eigenvalue weighted by molar-refractivity contribution is -0.0352. The van der Waals surface area contributed by atoms with Crippen molar-refractivity contribution in [2.75, 3.05) is 6.61 Å². The number of carbonyl (C=O) groups excluding carboxylic acids is 1. The van der Waals surface area contributed by atoms with Crippen LogP contribution in [0.15, 0.2) is 79.0 Å². The molecule has 122 valence electrons. The summed E-state index contributed by atoms with van der Waals surface area (Å²) in [7, 11) is 0. The van der Waals surface area contributed by atoms with Crippen LogP contribution in [-0.2, 0) is 10.5 Å². The fraction of sp³-hybridized carbons (Fsp3) is 0.143. The third-order valence-electron chi connectivity index (χ3n) is 5.03. The van der Waals surface area contributed by atoms with Gasteiger partial charge in [-0.1, -0.05) is 60.7 Å². The summed E-state index contributed by atoms with van der Waals surface area (Å²) in [5.74, 6) is -0.0293. The number of rotatable bonds is 2. The van der Waals surface area contributed by atoms with E-state index in [4.69, 9.17) is 4.74 Å². The maximum absolute atomic E-state index is 13.2. The highest BCUT2D eigenvalue weighted by molar-refractivity contribution is 6.00. The number of carbonyl (C=O) groups is 1. The Labute approximate surface area is 145 Å². The molecule has 3 aromatic rings. The predicted molar refractivity (Wildman–Crippen MR) is 92.8 cm³/mol. The summed E-state index contributed by atoms with van der Waals surface area (Å²) >= 11 is 0.